The molecule has 0 atom stereocenters. The van der Waals surface area contributed by atoms with Crippen molar-refractivity contribution in [1.29, 1.82) is 0 Å². The lowest BCUT2D eigenvalue weighted by atomic mass is 10.2. The molecule has 0 saturated heterocycles. The third kappa shape index (κ3) is 4.02. The van der Waals surface area contributed by atoms with Gasteiger partial charge in [-0.1, -0.05) is 23.2 Å². The van der Waals surface area contributed by atoms with E-state index < -0.39 is 5.97 Å². The van der Waals surface area contributed by atoms with E-state index in [0.717, 1.165) is 0 Å². The predicted molar refractivity (Wildman–Crippen MR) is 79.1 cm³/mol. The number of nitrogens with two attached hydrogens (primary N) is 1. The molecule has 0 aromatic heterocycles. The first-order chi connectivity index (χ1) is 9.23. The van der Waals surface area contributed by atoms with Gasteiger partial charge >= 0.3 is 5.97 Å². The van der Waals surface area contributed by atoms with Crippen molar-refractivity contribution < 1.29 is 14.3 Å². The summed E-state index contributed by atoms with van der Waals surface area (Å²) < 4.78 is 4.92. The van der Waals surface area contributed by atoms with Gasteiger partial charge in [-0.2, -0.15) is 0 Å². The highest BCUT2D eigenvalue weighted by atomic mass is 35.5. The second-order valence-electron chi connectivity index (χ2n) is 4.54. The van der Waals surface area contributed by atoms with Gasteiger partial charge in [-0.3, -0.25) is 4.79 Å². The number of halogens is 2. The van der Waals surface area contributed by atoms with E-state index in [2.05, 4.69) is 0 Å². The molecule has 7 heteroatoms. The van der Waals surface area contributed by atoms with Crippen LogP contribution in [0, 0.1) is 0 Å². The molecule has 1 amide bonds. The molecule has 0 unspecified atom stereocenters. The first-order valence-electron chi connectivity index (χ1n) is 5.91. The Balaban J connectivity index is 2.71. The Bertz CT molecular complexity index is 509. The van der Waals surface area contributed by atoms with Crippen molar-refractivity contribution in [3.63, 3.8) is 0 Å². The van der Waals surface area contributed by atoms with Crippen LogP contribution < -0.4 is 5.73 Å². The van der Waals surface area contributed by atoms with Crippen molar-refractivity contribution in [2.45, 2.75) is 19.9 Å². The number of esters is 1. The Hall–Kier alpha value is -1.46. The van der Waals surface area contributed by atoms with Crippen molar-refractivity contribution in [2.75, 3.05) is 19.4 Å². The second kappa shape index (κ2) is 6.81. The molecule has 1 rings (SSSR count). The number of hydrogen-bond acceptors (Lipinski definition) is 4. The van der Waals surface area contributed by atoms with Gasteiger partial charge in [-0.05, 0) is 26.0 Å². The Labute approximate surface area is 127 Å². The molecule has 0 fully saturated rings. The van der Waals surface area contributed by atoms with Crippen LogP contribution in [0.2, 0.25) is 10.0 Å². The van der Waals surface area contributed by atoms with E-state index in [9.17, 15) is 9.59 Å². The summed E-state index contributed by atoms with van der Waals surface area (Å²) in [5.41, 5.74) is 5.93. The fourth-order valence-electron chi connectivity index (χ4n) is 1.33. The molecule has 0 bridgehead atoms. The van der Waals surface area contributed by atoms with Crippen LogP contribution in [0.15, 0.2) is 12.1 Å². The minimum Gasteiger partial charge on any atom is -0.452 e. The summed E-state index contributed by atoms with van der Waals surface area (Å²) in [6.45, 7) is 3.38. The molecule has 0 aliphatic rings. The first-order valence-corrected chi connectivity index (χ1v) is 6.67. The molecular formula is C13H16Cl2N2O3. The third-order valence-electron chi connectivity index (χ3n) is 2.79. The van der Waals surface area contributed by atoms with E-state index in [1.807, 2.05) is 13.8 Å². The Morgan fingerprint density at radius 1 is 1.35 bits per heavy atom. The quantitative estimate of drug-likeness (QED) is 0.684. The number of likely N-dealkylation sites (N-methyl/N-ethyl adjacent to an activating group) is 1. The number of rotatable bonds is 4. The number of benzene rings is 1. The van der Waals surface area contributed by atoms with Crippen molar-refractivity contribution in [3.8, 4) is 0 Å². The van der Waals surface area contributed by atoms with Crippen molar-refractivity contribution in [2.24, 2.45) is 0 Å². The standard InChI is InChI=1S/C13H16Cl2N2O3/c1-7(2)17(3)11(18)6-20-13(19)8-4-9(14)12(15)10(16)5-8/h4-5,7H,6,16H2,1-3H3. The summed E-state index contributed by atoms with van der Waals surface area (Å²) in [5, 5.41) is 0.336. The zero-order valence-corrected chi connectivity index (χ0v) is 13.0. The monoisotopic (exact) mass is 318 g/mol. The first kappa shape index (κ1) is 16.6. The smallest absolute Gasteiger partial charge is 0.338 e. The van der Waals surface area contributed by atoms with Gasteiger partial charge in [0.25, 0.3) is 5.91 Å². The highest BCUT2D eigenvalue weighted by Crippen LogP contribution is 2.29. The lowest BCUT2D eigenvalue weighted by Gasteiger charge is -2.21. The van der Waals surface area contributed by atoms with Crippen molar-refractivity contribution >= 4 is 40.8 Å². The molecule has 110 valence electrons. The topological polar surface area (TPSA) is 72.6 Å². The molecule has 0 heterocycles. The summed E-state index contributed by atoms with van der Waals surface area (Å²) in [7, 11) is 1.64. The summed E-state index contributed by atoms with van der Waals surface area (Å²) in [5.74, 6) is -0.970. The number of nitrogen functional groups attached to an aromatic ring is 1. The van der Waals surface area contributed by atoms with Crippen molar-refractivity contribution in [3.05, 3.63) is 27.7 Å². The van der Waals surface area contributed by atoms with Gasteiger partial charge in [0.1, 0.15) is 0 Å². The van der Waals surface area contributed by atoms with Crippen LogP contribution in [0.5, 0.6) is 0 Å². The lowest BCUT2D eigenvalue weighted by Crippen LogP contribution is -2.36. The normalized spacial score (nSPS) is 10.5. The van der Waals surface area contributed by atoms with Gasteiger partial charge in [0, 0.05) is 13.1 Å². The summed E-state index contributed by atoms with van der Waals surface area (Å²) in [6, 6.07) is 2.73. The molecule has 0 saturated carbocycles. The minimum atomic E-state index is -0.680. The van der Waals surface area contributed by atoms with Crippen LogP contribution in [0.4, 0.5) is 5.69 Å². The molecule has 0 aliphatic heterocycles. The Morgan fingerprint density at radius 2 is 1.95 bits per heavy atom. The zero-order valence-electron chi connectivity index (χ0n) is 11.4. The van der Waals surface area contributed by atoms with Gasteiger partial charge < -0.3 is 15.4 Å². The number of hydrogen-bond donors (Lipinski definition) is 1. The van der Waals surface area contributed by atoms with Crippen LogP contribution in [0.25, 0.3) is 0 Å². The average molecular weight is 319 g/mol. The Morgan fingerprint density at radius 3 is 2.45 bits per heavy atom. The largest absolute Gasteiger partial charge is 0.452 e. The summed E-state index contributed by atoms with van der Waals surface area (Å²) >= 11 is 11.6. The van der Waals surface area contributed by atoms with Crippen LogP contribution in [0.3, 0.4) is 0 Å². The number of nitrogens with zero attached hydrogens (tertiary/aromatic N) is 1. The van der Waals surface area contributed by atoms with E-state index in [1.165, 1.54) is 17.0 Å². The lowest BCUT2D eigenvalue weighted by molar-refractivity contribution is -0.134. The average Bonchev–Trinajstić information content (AvgIpc) is 2.39. The number of anilines is 1. The van der Waals surface area contributed by atoms with Crippen molar-refractivity contribution in [1.82, 2.24) is 4.90 Å². The highest BCUT2D eigenvalue weighted by molar-refractivity contribution is 6.43. The van der Waals surface area contributed by atoms with E-state index in [0.29, 0.717) is 0 Å². The van der Waals surface area contributed by atoms with E-state index in [-0.39, 0.29) is 39.9 Å². The van der Waals surface area contributed by atoms with E-state index in [4.69, 9.17) is 33.7 Å². The maximum Gasteiger partial charge on any atom is 0.338 e. The van der Waals surface area contributed by atoms with Gasteiger partial charge in [-0.25, -0.2) is 4.79 Å². The van der Waals surface area contributed by atoms with Gasteiger partial charge in [0.05, 0.1) is 21.3 Å². The highest BCUT2D eigenvalue weighted by Gasteiger charge is 2.17. The fraction of sp³-hybridized carbons (Fsp3) is 0.385. The number of carbonyl (C=O) groups is 2. The molecule has 1 aromatic carbocycles. The maximum absolute atomic E-state index is 11.8. The van der Waals surface area contributed by atoms with E-state index >= 15 is 0 Å². The Kier molecular flexibility index (Phi) is 5.65. The SMILES string of the molecule is CC(C)N(C)C(=O)COC(=O)c1cc(N)c(Cl)c(Cl)c1. The van der Waals surface area contributed by atoms with E-state index in [1.54, 1.807) is 7.05 Å². The molecule has 5 nitrogen and oxygen atoms in total. The number of ether oxygens (including phenoxy) is 1. The fourth-order valence-corrected chi connectivity index (χ4v) is 1.66. The summed E-state index contributed by atoms with van der Waals surface area (Å²) in [4.78, 5) is 25.0. The molecule has 2 N–H and O–H groups in total. The molecular weight excluding hydrogens is 303 g/mol. The predicted octanol–water partition coefficient (Wildman–Crippen LogP) is 2.60. The van der Waals surface area contributed by atoms with Gasteiger partial charge in [0.2, 0.25) is 0 Å². The molecule has 1 aromatic rings. The number of carbonyl (C=O) groups excluding carboxylic acids is 2. The minimum absolute atomic E-state index is 0.0295. The summed E-state index contributed by atoms with van der Waals surface area (Å²) in [6.07, 6.45) is 0. The van der Waals surface area contributed by atoms with Crippen LogP contribution in [0.1, 0.15) is 24.2 Å². The van der Waals surface area contributed by atoms with Gasteiger partial charge in [0.15, 0.2) is 6.61 Å². The van der Waals surface area contributed by atoms with Crippen LogP contribution in [-0.2, 0) is 9.53 Å². The molecule has 0 aliphatic carbocycles. The molecule has 0 radical (unpaired) electrons. The van der Waals surface area contributed by atoms with Crippen LogP contribution >= 0.6 is 23.2 Å². The second-order valence-corrected chi connectivity index (χ2v) is 5.32. The molecule has 20 heavy (non-hydrogen) atoms. The third-order valence-corrected chi connectivity index (χ3v) is 3.60. The maximum atomic E-state index is 11.8. The van der Waals surface area contributed by atoms with Gasteiger partial charge in [-0.15, -0.1) is 0 Å². The number of amides is 1. The molecule has 0 spiro atoms. The van der Waals surface area contributed by atoms with Crippen LogP contribution in [-0.4, -0.2) is 36.5 Å². The zero-order chi connectivity index (χ0) is 15.4.